The Balaban J connectivity index is 3.76. The molecule has 0 radical (unpaired) electrons. The van der Waals surface area contributed by atoms with Crippen molar-refractivity contribution in [2.45, 2.75) is 18.9 Å². The first-order chi connectivity index (χ1) is 7.11. The lowest BCUT2D eigenvalue weighted by atomic mass is 10.2. The fourth-order valence-electron chi connectivity index (χ4n) is 0.727. The van der Waals surface area contributed by atoms with Crippen LogP contribution in [0.4, 0.5) is 0 Å². The Hall–Kier alpha value is -1.76. The van der Waals surface area contributed by atoms with Gasteiger partial charge in [0.1, 0.15) is 12.6 Å². The topological polar surface area (TPSA) is 113 Å². The van der Waals surface area contributed by atoms with Crippen LogP contribution in [0.5, 0.6) is 0 Å². The molecule has 0 unspecified atom stereocenters. The molecule has 0 saturated carbocycles. The maximum absolute atomic E-state index is 10.9. The first-order valence-corrected chi connectivity index (χ1v) is 4.10. The molecular weight excluding hydrogens is 206 g/mol. The van der Waals surface area contributed by atoms with Crippen LogP contribution in [0.1, 0.15) is 12.8 Å². The molecule has 84 valence electrons. The van der Waals surface area contributed by atoms with E-state index in [0.29, 0.717) is 6.29 Å². The summed E-state index contributed by atoms with van der Waals surface area (Å²) in [5, 5.41) is 0. The molecule has 0 aromatic carbocycles. The zero-order valence-electron chi connectivity index (χ0n) is 7.88. The molecule has 15 heavy (non-hydrogen) atoms. The quantitative estimate of drug-likeness (QED) is 0.315. The average molecular weight is 217 g/mol. The summed E-state index contributed by atoms with van der Waals surface area (Å²) < 4.78 is 8.36. The van der Waals surface area contributed by atoms with Gasteiger partial charge in [-0.05, 0) is 6.42 Å². The fraction of sp³-hybridized carbons (Fsp3) is 0.500. The molecule has 0 amide bonds. The number of ether oxygens (including phenoxy) is 2. The van der Waals surface area contributed by atoms with Gasteiger partial charge in [-0.2, -0.15) is 0 Å². The van der Waals surface area contributed by atoms with Crippen LogP contribution in [0.3, 0.4) is 0 Å². The van der Waals surface area contributed by atoms with Gasteiger partial charge in [-0.25, -0.2) is 0 Å². The van der Waals surface area contributed by atoms with Gasteiger partial charge in [0.25, 0.3) is 0 Å². The number of rotatable bonds is 7. The lowest BCUT2D eigenvalue weighted by molar-refractivity contribution is -0.151. The van der Waals surface area contributed by atoms with Crippen molar-refractivity contribution < 1.29 is 28.7 Å². The van der Waals surface area contributed by atoms with Gasteiger partial charge in [-0.3, -0.25) is 19.2 Å². The molecule has 0 aromatic rings. The zero-order chi connectivity index (χ0) is 11.7. The lowest BCUT2D eigenvalue weighted by Crippen LogP contribution is -2.33. The van der Waals surface area contributed by atoms with Crippen molar-refractivity contribution in [2.24, 2.45) is 5.73 Å². The van der Waals surface area contributed by atoms with Gasteiger partial charge in [-0.1, -0.05) is 0 Å². The van der Waals surface area contributed by atoms with Gasteiger partial charge in [0.05, 0.1) is 0 Å². The van der Waals surface area contributed by atoms with Gasteiger partial charge in [-0.15, -0.1) is 0 Å². The van der Waals surface area contributed by atoms with E-state index in [1.165, 1.54) is 0 Å². The number of carbonyl (C=O) groups is 4. The monoisotopic (exact) mass is 217 g/mol. The lowest BCUT2D eigenvalue weighted by Gasteiger charge is -2.08. The van der Waals surface area contributed by atoms with Crippen molar-refractivity contribution in [3.05, 3.63) is 0 Å². The minimum absolute atomic E-state index is 0.00142. The van der Waals surface area contributed by atoms with E-state index in [-0.39, 0.29) is 25.9 Å². The van der Waals surface area contributed by atoms with Gasteiger partial charge < -0.3 is 15.2 Å². The van der Waals surface area contributed by atoms with Crippen LogP contribution in [0, 0.1) is 0 Å². The largest absolute Gasteiger partial charge is 0.457 e. The van der Waals surface area contributed by atoms with E-state index in [9.17, 15) is 19.2 Å². The summed E-state index contributed by atoms with van der Waals surface area (Å²) in [4.78, 5) is 41.2. The molecule has 0 heterocycles. The highest BCUT2D eigenvalue weighted by Crippen LogP contribution is 1.98. The summed E-state index contributed by atoms with van der Waals surface area (Å²) in [6.07, 6.45) is 0.228. The Labute approximate surface area is 85.5 Å². The zero-order valence-corrected chi connectivity index (χ0v) is 7.88. The van der Waals surface area contributed by atoms with Crippen molar-refractivity contribution in [1.29, 1.82) is 0 Å². The molecule has 0 bridgehead atoms. The van der Waals surface area contributed by atoms with Gasteiger partial charge >= 0.3 is 18.4 Å². The predicted molar refractivity (Wildman–Crippen MR) is 46.4 cm³/mol. The molecule has 0 aliphatic carbocycles. The molecule has 0 fully saturated rings. The number of hydrogen-bond acceptors (Lipinski definition) is 7. The molecule has 0 aromatic heterocycles. The molecule has 0 spiro atoms. The maximum Gasteiger partial charge on any atom is 0.323 e. The number of aldehydes is 1. The Morgan fingerprint density at radius 2 is 2.00 bits per heavy atom. The molecule has 0 rings (SSSR count). The van der Waals surface area contributed by atoms with Gasteiger partial charge in [0, 0.05) is 6.42 Å². The standard InChI is InChI=1S/C8H11NO6/c9-6(8(13)14-4-3-10)1-2-7(12)15-5-11/h3,5-6H,1-2,4,9H2/t6-/m0/s1. The summed E-state index contributed by atoms with van der Waals surface area (Å²) in [6, 6.07) is -1.01. The first-order valence-electron chi connectivity index (χ1n) is 4.10. The second-order valence-electron chi connectivity index (χ2n) is 2.53. The Morgan fingerprint density at radius 1 is 1.33 bits per heavy atom. The number of hydrogen-bond donors (Lipinski definition) is 1. The van der Waals surface area contributed by atoms with Crippen LogP contribution in [-0.2, 0) is 28.7 Å². The van der Waals surface area contributed by atoms with Crippen LogP contribution in [0.2, 0.25) is 0 Å². The fourth-order valence-corrected chi connectivity index (χ4v) is 0.727. The third kappa shape index (κ3) is 6.33. The van der Waals surface area contributed by atoms with Gasteiger partial charge in [0.15, 0.2) is 6.29 Å². The Bertz CT molecular complexity index is 252. The summed E-state index contributed by atoms with van der Waals surface area (Å²) in [5.74, 6) is -1.55. The highest BCUT2D eigenvalue weighted by Gasteiger charge is 2.16. The van der Waals surface area contributed by atoms with Crippen molar-refractivity contribution in [1.82, 2.24) is 0 Å². The summed E-state index contributed by atoms with van der Waals surface area (Å²) in [5.41, 5.74) is 5.32. The Morgan fingerprint density at radius 3 is 2.53 bits per heavy atom. The normalized spacial score (nSPS) is 11.3. The van der Waals surface area contributed by atoms with Crippen LogP contribution >= 0.6 is 0 Å². The number of esters is 2. The third-order valence-electron chi connectivity index (χ3n) is 1.44. The SMILES string of the molecule is N[C@@H](CCC(=O)OC=O)C(=O)OCC=O. The molecule has 0 aliphatic rings. The second-order valence-corrected chi connectivity index (χ2v) is 2.53. The van der Waals surface area contributed by atoms with E-state index in [4.69, 9.17) is 5.73 Å². The van der Waals surface area contributed by atoms with Crippen LogP contribution in [0.25, 0.3) is 0 Å². The second kappa shape index (κ2) is 7.63. The molecular formula is C8H11NO6. The van der Waals surface area contributed by atoms with Crippen LogP contribution < -0.4 is 5.73 Å². The smallest absolute Gasteiger partial charge is 0.323 e. The molecule has 2 N–H and O–H groups in total. The number of carbonyl (C=O) groups excluding carboxylic acids is 4. The summed E-state index contributed by atoms with van der Waals surface area (Å²) in [7, 11) is 0. The van der Waals surface area contributed by atoms with E-state index in [1.807, 2.05) is 0 Å². The van der Waals surface area contributed by atoms with Crippen LogP contribution in [-0.4, -0.2) is 37.3 Å². The van der Waals surface area contributed by atoms with Crippen molar-refractivity contribution >= 4 is 24.7 Å². The molecule has 1 atom stereocenters. The van der Waals surface area contributed by atoms with Crippen molar-refractivity contribution in [3.63, 3.8) is 0 Å². The predicted octanol–water partition coefficient (Wildman–Crippen LogP) is -1.46. The highest BCUT2D eigenvalue weighted by atomic mass is 16.6. The van der Waals surface area contributed by atoms with E-state index in [0.717, 1.165) is 0 Å². The molecule has 7 heteroatoms. The summed E-state index contributed by atoms with van der Waals surface area (Å²) >= 11 is 0. The van der Waals surface area contributed by atoms with E-state index in [1.54, 1.807) is 0 Å². The first kappa shape index (κ1) is 13.2. The van der Waals surface area contributed by atoms with E-state index in [2.05, 4.69) is 9.47 Å². The highest BCUT2D eigenvalue weighted by molar-refractivity contribution is 5.79. The van der Waals surface area contributed by atoms with Crippen molar-refractivity contribution in [3.8, 4) is 0 Å². The Kier molecular flexibility index (Phi) is 6.73. The summed E-state index contributed by atoms with van der Waals surface area (Å²) in [6.45, 7) is -0.371. The maximum atomic E-state index is 10.9. The minimum atomic E-state index is -1.01. The molecule has 7 nitrogen and oxygen atoms in total. The van der Waals surface area contributed by atoms with Gasteiger partial charge in [0.2, 0.25) is 0 Å². The van der Waals surface area contributed by atoms with E-state index < -0.39 is 18.0 Å². The average Bonchev–Trinajstić information content (AvgIpc) is 2.22. The molecule has 0 aliphatic heterocycles. The van der Waals surface area contributed by atoms with Crippen LogP contribution in [0.15, 0.2) is 0 Å². The van der Waals surface area contributed by atoms with Crippen molar-refractivity contribution in [2.75, 3.05) is 6.61 Å². The molecule has 0 saturated heterocycles. The van der Waals surface area contributed by atoms with E-state index >= 15 is 0 Å². The third-order valence-corrected chi connectivity index (χ3v) is 1.44. The minimum Gasteiger partial charge on any atom is -0.457 e. The number of nitrogens with two attached hydrogens (primary N) is 1.